The van der Waals surface area contributed by atoms with Gasteiger partial charge in [0.15, 0.2) is 6.61 Å². The molecule has 1 aromatic carbocycles. The summed E-state index contributed by atoms with van der Waals surface area (Å²) in [5, 5.41) is -0.0908. The Morgan fingerprint density at radius 1 is 1.41 bits per heavy atom. The van der Waals surface area contributed by atoms with Gasteiger partial charge in [0.25, 0.3) is 0 Å². The van der Waals surface area contributed by atoms with Crippen molar-refractivity contribution in [1.29, 1.82) is 0 Å². The lowest BCUT2D eigenvalue weighted by Crippen LogP contribution is -2.26. The minimum absolute atomic E-state index is 0.0908. The molecule has 17 heavy (non-hydrogen) atoms. The fraction of sp³-hybridized carbons (Fsp3) is 0.400. The van der Waals surface area contributed by atoms with Crippen LogP contribution in [0.3, 0.4) is 0 Å². The molecule has 1 unspecified atom stereocenters. The van der Waals surface area contributed by atoms with E-state index in [2.05, 4.69) is 10.3 Å². The number of benzene rings is 1. The highest BCUT2D eigenvalue weighted by atomic mass is 35.5. The molecule has 0 fully saturated rings. The third kappa shape index (κ3) is 4.89. The van der Waals surface area contributed by atoms with Gasteiger partial charge >= 0.3 is 6.18 Å². The Hall–Kier alpha value is -0.850. The number of rotatable bonds is 4. The molecule has 0 heterocycles. The van der Waals surface area contributed by atoms with E-state index >= 15 is 0 Å². The maximum Gasteiger partial charge on any atom is 0.413 e. The van der Waals surface area contributed by atoms with Crippen LogP contribution < -0.4 is 5.48 Å². The van der Waals surface area contributed by atoms with E-state index in [0.717, 1.165) is 6.07 Å². The topological polar surface area (TPSA) is 21.3 Å². The molecule has 96 valence electrons. The lowest BCUT2D eigenvalue weighted by Gasteiger charge is -2.15. The molecule has 0 aromatic heterocycles. The fourth-order valence-electron chi connectivity index (χ4n) is 1.10. The molecule has 0 spiro atoms. The molecular weight excluding hydrogens is 262 g/mol. The predicted molar refractivity (Wildman–Crippen MR) is 55.0 cm³/mol. The number of halogens is 5. The third-order valence-corrected chi connectivity index (χ3v) is 2.23. The van der Waals surface area contributed by atoms with Crippen LogP contribution in [0.2, 0.25) is 5.02 Å². The van der Waals surface area contributed by atoms with Gasteiger partial charge in [-0.1, -0.05) is 17.7 Å². The molecule has 0 saturated carbocycles. The molecule has 0 aliphatic carbocycles. The van der Waals surface area contributed by atoms with Gasteiger partial charge in [0, 0.05) is 0 Å². The summed E-state index contributed by atoms with van der Waals surface area (Å²) >= 11 is 5.54. The van der Waals surface area contributed by atoms with Crippen LogP contribution in [0, 0.1) is 5.82 Å². The van der Waals surface area contributed by atoms with E-state index in [1.165, 1.54) is 12.1 Å². The van der Waals surface area contributed by atoms with Crippen molar-refractivity contribution in [3.63, 3.8) is 0 Å². The highest BCUT2D eigenvalue weighted by Gasteiger charge is 2.28. The molecule has 2 nitrogen and oxygen atoms in total. The SMILES string of the molecule is CC(NOCC(F)(F)F)c1ccc(F)c(Cl)c1. The highest BCUT2D eigenvalue weighted by molar-refractivity contribution is 6.30. The Kier molecular flexibility index (Phi) is 4.73. The first-order chi connectivity index (χ1) is 7.79. The van der Waals surface area contributed by atoms with Crippen LogP contribution in [-0.2, 0) is 4.84 Å². The zero-order chi connectivity index (χ0) is 13.1. The maximum atomic E-state index is 12.8. The normalized spacial score (nSPS) is 13.8. The van der Waals surface area contributed by atoms with Crippen LogP contribution in [0.25, 0.3) is 0 Å². The Morgan fingerprint density at radius 2 is 2.06 bits per heavy atom. The first kappa shape index (κ1) is 14.2. The molecule has 1 atom stereocenters. The van der Waals surface area contributed by atoms with Gasteiger partial charge in [-0.2, -0.15) is 18.7 Å². The summed E-state index contributed by atoms with van der Waals surface area (Å²) in [5.74, 6) is -0.584. The Labute approximate surface area is 100 Å². The van der Waals surface area contributed by atoms with E-state index < -0.39 is 24.6 Å². The quantitative estimate of drug-likeness (QED) is 0.667. The fourth-order valence-corrected chi connectivity index (χ4v) is 1.29. The molecule has 1 rings (SSSR count). The summed E-state index contributed by atoms with van der Waals surface area (Å²) in [4.78, 5) is 4.27. The smallest absolute Gasteiger partial charge is 0.292 e. The maximum absolute atomic E-state index is 12.8. The van der Waals surface area contributed by atoms with Crippen molar-refractivity contribution in [2.75, 3.05) is 6.61 Å². The summed E-state index contributed by atoms with van der Waals surface area (Å²) in [6.45, 7) is 0.173. The van der Waals surface area contributed by atoms with E-state index in [1.54, 1.807) is 6.92 Å². The van der Waals surface area contributed by atoms with Crippen molar-refractivity contribution in [1.82, 2.24) is 5.48 Å². The van der Waals surface area contributed by atoms with Crippen molar-refractivity contribution < 1.29 is 22.4 Å². The average molecular weight is 272 g/mol. The standard InChI is InChI=1S/C10H10ClF4NO/c1-6(16-17-5-10(13,14)15)7-2-3-9(12)8(11)4-7/h2-4,6,16H,5H2,1H3. The molecule has 1 aromatic rings. The average Bonchev–Trinajstić information content (AvgIpc) is 2.20. The van der Waals surface area contributed by atoms with Crippen LogP contribution in [0.5, 0.6) is 0 Å². The summed E-state index contributed by atoms with van der Waals surface area (Å²) in [6.07, 6.45) is -4.40. The largest absolute Gasteiger partial charge is 0.413 e. The van der Waals surface area contributed by atoms with E-state index in [1.807, 2.05) is 0 Å². The third-order valence-electron chi connectivity index (χ3n) is 1.94. The molecule has 0 radical (unpaired) electrons. The second kappa shape index (κ2) is 5.66. The van der Waals surface area contributed by atoms with Gasteiger partial charge in [-0.3, -0.25) is 4.84 Å². The van der Waals surface area contributed by atoms with E-state index in [0.29, 0.717) is 5.56 Å². The van der Waals surface area contributed by atoms with Crippen molar-refractivity contribution >= 4 is 11.6 Å². The van der Waals surface area contributed by atoms with Crippen molar-refractivity contribution in [3.05, 3.63) is 34.6 Å². The number of alkyl halides is 3. The van der Waals surface area contributed by atoms with Gasteiger partial charge in [0.05, 0.1) is 11.1 Å². The van der Waals surface area contributed by atoms with Gasteiger partial charge < -0.3 is 0 Å². The predicted octanol–water partition coefficient (Wildman–Crippen LogP) is 3.62. The van der Waals surface area contributed by atoms with Crippen molar-refractivity contribution in [2.45, 2.75) is 19.1 Å². The molecular formula is C10H10ClF4NO. The van der Waals surface area contributed by atoms with Crippen molar-refractivity contribution in [2.24, 2.45) is 0 Å². The Bertz CT molecular complexity index is 383. The van der Waals surface area contributed by atoms with Crippen LogP contribution in [-0.4, -0.2) is 12.8 Å². The number of nitrogens with one attached hydrogen (secondary N) is 1. The summed E-state index contributed by atoms with van der Waals surface area (Å²) in [6, 6.07) is 3.34. The Balaban J connectivity index is 2.52. The zero-order valence-corrected chi connectivity index (χ0v) is 9.57. The molecule has 0 bridgehead atoms. The lowest BCUT2D eigenvalue weighted by atomic mass is 10.1. The molecule has 0 aliphatic heterocycles. The van der Waals surface area contributed by atoms with Gasteiger partial charge in [-0.25, -0.2) is 4.39 Å². The second-order valence-corrected chi connectivity index (χ2v) is 3.82. The number of hydrogen-bond acceptors (Lipinski definition) is 2. The number of hydrogen-bond donors (Lipinski definition) is 1. The Morgan fingerprint density at radius 3 is 2.59 bits per heavy atom. The number of hydroxylamine groups is 1. The van der Waals surface area contributed by atoms with Crippen molar-refractivity contribution in [3.8, 4) is 0 Å². The molecule has 0 saturated heterocycles. The van der Waals surface area contributed by atoms with Gasteiger partial charge in [-0.15, -0.1) is 0 Å². The van der Waals surface area contributed by atoms with Gasteiger partial charge in [0.2, 0.25) is 0 Å². The summed E-state index contributed by atoms with van der Waals surface area (Å²) in [7, 11) is 0. The summed E-state index contributed by atoms with van der Waals surface area (Å²) < 4.78 is 48.2. The molecule has 1 N–H and O–H groups in total. The second-order valence-electron chi connectivity index (χ2n) is 3.42. The minimum Gasteiger partial charge on any atom is -0.292 e. The molecule has 7 heteroatoms. The van der Waals surface area contributed by atoms with Crippen LogP contribution in [0.4, 0.5) is 17.6 Å². The van der Waals surface area contributed by atoms with Gasteiger partial charge in [-0.05, 0) is 24.6 Å². The van der Waals surface area contributed by atoms with Gasteiger partial charge in [0.1, 0.15) is 5.82 Å². The summed E-state index contributed by atoms with van der Waals surface area (Å²) in [5.41, 5.74) is 2.73. The van der Waals surface area contributed by atoms with E-state index in [-0.39, 0.29) is 5.02 Å². The minimum atomic E-state index is -4.40. The van der Waals surface area contributed by atoms with Crippen LogP contribution in [0.15, 0.2) is 18.2 Å². The highest BCUT2D eigenvalue weighted by Crippen LogP contribution is 2.21. The first-order valence-corrected chi connectivity index (χ1v) is 5.06. The zero-order valence-electron chi connectivity index (χ0n) is 8.81. The molecule has 0 amide bonds. The van der Waals surface area contributed by atoms with Crippen LogP contribution in [0.1, 0.15) is 18.5 Å². The van der Waals surface area contributed by atoms with Crippen LogP contribution >= 0.6 is 11.6 Å². The monoisotopic (exact) mass is 271 g/mol. The van der Waals surface area contributed by atoms with E-state index in [9.17, 15) is 17.6 Å². The molecule has 0 aliphatic rings. The first-order valence-electron chi connectivity index (χ1n) is 4.68. The van der Waals surface area contributed by atoms with E-state index in [4.69, 9.17) is 11.6 Å². The lowest BCUT2D eigenvalue weighted by molar-refractivity contribution is -0.192.